The Labute approximate surface area is 165 Å². The van der Waals surface area contributed by atoms with Gasteiger partial charge in [-0.25, -0.2) is 4.98 Å². The van der Waals surface area contributed by atoms with Crippen molar-refractivity contribution in [1.29, 1.82) is 0 Å². The highest BCUT2D eigenvalue weighted by Gasteiger charge is 2.09. The van der Waals surface area contributed by atoms with E-state index in [0.717, 1.165) is 31.7 Å². The number of benzene rings is 2. The van der Waals surface area contributed by atoms with Gasteiger partial charge in [0.15, 0.2) is 0 Å². The van der Waals surface area contributed by atoms with Crippen molar-refractivity contribution >= 4 is 33.6 Å². The third kappa shape index (κ3) is 4.32. The fourth-order valence-electron chi connectivity index (χ4n) is 3.40. The maximum Gasteiger partial charge on any atom is 0.131 e. The Morgan fingerprint density at radius 1 is 1.07 bits per heavy atom. The second kappa shape index (κ2) is 8.28. The molecular weight excluding hydrogens is 354 g/mol. The van der Waals surface area contributed by atoms with Crippen molar-refractivity contribution in [1.82, 2.24) is 9.88 Å². The summed E-state index contributed by atoms with van der Waals surface area (Å²) in [5.74, 6) is 0. The highest BCUT2D eigenvalue weighted by atomic mass is 35.5. The number of fused-ring (bicyclic) bond motifs is 1. The van der Waals surface area contributed by atoms with Crippen LogP contribution in [-0.4, -0.2) is 29.5 Å². The summed E-state index contributed by atoms with van der Waals surface area (Å²) in [4.78, 5) is 6.34. The molecule has 1 aliphatic rings. The van der Waals surface area contributed by atoms with E-state index < -0.39 is 0 Å². The number of halogens is 1. The summed E-state index contributed by atoms with van der Waals surface area (Å²) in [7, 11) is 0. The van der Waals surface area contributed by atoms with E-state index in [9.17, 15) is 0 Å². The molecule has 0 saturated carbocycles. The van der Waals surface area contributed by atoms with Crippen LogP contribution in [0.2, 0.25) is 5.15 Å². The van der Waals surface area contributed by atoms with Gasteiger partial charge >= 0.3 is 0 Å². The number of hydrogen-bond acceptors (Lipinski definition) is 3. The molecule has 1 aromatic heterocycles. The lowest BCUT2D eigenvalue weighted by Gasteiger charge is -2.23. The molecule has 0 fully saturated rings. The molecule has 1 N–H and O–H groups in total. The van der Waals surface area contributed by atoms with Crippen LogP contribution in [0.25, 0.3) is 16.3 Å². The van der Waals surface area contributed by atoms with Crippen molar-refractivity contribution in [2.45, 2.75) is 6.42 Å². The maximum absolute atomic E-state index is 5.91. The van der Waals surface area contributed by atoms with Gasteiger partial charge in [0.1, 0.15) is 5.15 Å². The second-order valence-corrected chi connectivity index (χ2v) is 7.03. The van der Waals surface area contributed by atoms with Crippen molar-refractivity contribution in [3.63, 3.8) is 0 Å². The molecule has 3 aromatic rings. The molecule has 2 aromatic carbocycles. The summed E-state index contributed by atoms with van der Waals surface area (Å²) in [5.41, 5.74) is 3.62. The first-order valence-corrected chi connectivity index (χ1v) is 9.63. The normalized spacial score (nSPS) is 13.7. The second-order valence-electron chi connectivity index (χ2n) is 6.64. The Balaban J connectivity index is 1.32. The first-order valence-electron chi connectivity index (χ1n) is 9.25. The maximum atomic E-state index is 5.91. The van der Waals surface area contributed by atoms with Crippen LogP contribution in [0.5, 0.6) is 0 Å². The van der Waals surface area contributed by atoms with Gasteiger partial charge in [-0.15, -0.1) is 0 Å². The SMILES string of the molecule is Clc1cc(NCCCN2C=CC(c3cccc4ccccc34)=CC2)ccn1. The van der Waals surface area contributed by atoms with Crippen LogP contribution in [0.15, 0.2) is 79.1 Å². The standard InChI is InChI=1S/C23H22ClN3/c24-23-17-20(9-13-26-23)25-12-4-14-27-15-10-19(11-16-27)22-8-3-6-18-5-1-2-7-21(18)22/h1-3,5-11,13,15,17H,4,12,14,16H2,(H,25,26). The molecule has 2 heterocycles. The molecule has 27 heavy (non-hydrogen) atoms. The highest BCUT2D eigenvalue weighted by molar-refractivity contribution is 6.29. The summed E-state index contributed by atoms with van der Waals surface area (Å²) >= 11 is 5.91. The van der Waals surface area contributed by atoms with Crippen LogP contribution in [0, 0.1) is 0 Å². The average molecular weight is 376 g/mol. The smallest absolute Gasteiger partial charge is 0.131 e. The fraction of sp³-hybridized carbons (Fsp3) is 0.174. The fourth-order valence-corrected chi connectivity index (χ4v) is 3.57. The van der Waals surface area contributed by atoms with E-state index in [-0.39, 0.29) is 0 Å². The van der Waals surface area contributed by atoms with Gasteiger partial charge in [0, 0.05) is 31.5 Å². The van der Waals surface area contributed by atoms with E-state index in [1.54, 1.807) is 6.20 Å². The molecule has 0 amide bonds. The molecule has 0 bridgehead atoms. The molecule has 136 valence electrons. The number of nitrogens with one attached hydrogen (secondary N) is 1. The summed E-state index contributed by atoms with van der Waals surface area (Å²) < 4.78 is 0. The van der Waals surface area contributed by atoms with Crippen LogP contribution < -0.4 is 5.32 Å². The van der Waals surface area contributed by atoms with Gasteiger partial charge in [-0.05, 0) is 52.7 Å². The number of rotatable bonds is 6. The third-order valence-electron chi connectivity index (χ3n) is 4.79. The van der Waals surface area contributed by atoms with Gasteiger partial charge in [-0.3, -0.25) is 0 Å². The van der Waals surface area contributed by atoms with Gasteiger partial charge in [-0.1, -0.05) is 60.1 Å². The summed E-state index contributed by atoms with van der Waals surface area (Å²) in [6.07, 6.45) is 9.53. The van der Waals surface area contributed by atoms with Crippen molar-refractivity contribution in [2.75, 3.05) is 25.0 Å². The number of hydrogen-bond donors (Lipinski definition) is 1. The zero-order chi connectivity index (χ0) is 18.5. The Bertz CT molecular complexity index is 988. The largest absolute Gasteiger partial charge is 0.385 e. The summed E-state index contributed by atoms with van der Waals surface area (Å²) in [6, 6.07) is 18.9. The highest BCUT2D eigenvalue weighted by Crippen LogP contribution is 2.27. The molecule has 0 radical (unpaired) electrons. The lowest BCUT2D eigenvalue weighted by Crippen LogP contribution is -2.22. The van der Waals surface area contributed by atoms with E-state index in [4.69, 9.17) is 11.6 Å². The first kappa shape index (κ1) is 17.6. The summed E-state index contributed by atoms with van der Waals surface area (Å²) in [6.45, 7) is 2.86. The predicted molar refractivity (Wildman–Crippen MR) is 115 cm³/mol. The Kier molecular flexibility index (Phi) is 5.40. The molecule has 3 nitrogen and oxygen atoms in total. The Hall–Kier alpha value is -2.78. The molecule has 0 spiro atoms. The van der Waals surface area contributed by atoms with Crippen LogP contribution in [-0.2, 0) is 0 Å². The van der Waals surface area contributed by atoms with Gasteiger partial charge in [0.05, 0.1) is 0 Å². The average Bonchev–Trinajstić information content (AvgIpc) is 2.71. The van der Waals surface area contributed by atoms with Crippen LogP contribution in [0.4, 0.5) is 5.69 Å². The zero-order valence-corrected chi connectivity index (χ0v) is 15.9. The van der Waals surface area contributed by atoms with Gasteiger partial charge in [0.25, 0.3) is 0 Å². The monoisotopic (exact) mass is 375 g/mol. The number of anilines is 1. The lowest BCUT2D eigenvalue weighted by molar-refractivity contribution is 0.409. The van der Waals surface area contributed by atoms with Crippen LogP contribution in [0.1, 0.15) is 12.0 Å². The Morgan fingerprint density at radius 3 is 2.81 bits per heavy atom. The van der Waals surface area contributed by atoms with E-state index in [0.29, 0.717) is 5.15 Å². The Morgan fingerprint density at radius 2 is 1.96 bits per heavy atom. The van der Waals surface area contributed by atoms with Crippen molar-refractivity contribution < 1.29 is 0 Å². The minimum absolute atomic E-state index is 0.519. The third-order valence-corrected chi connectivity index (χ3v) is 5.00. The van der Waals surface area contributed by atoms with Crippen molar-refractivity contribution in [2.24, 2.45) is 0 Å². The quantitative estimate of drug-likeness (QED) is 0.448. The zero-order valence-electron chi connectivity index (χ0n) is 15.1. The number of aromatic nitrogens is 1. The first-order chi connectivity index (χ1) is 13.3. The topological polar surface area (TPSA) is 28.2 Å². The van der Waals surface area contributed by atoms with E-state index in [1.807, 2.05) is 12.1 Å². The number of allylic oxidation sites excluding steroid dienone is 2. The van der Waals surface area contributed by atoms with Crippen molar-refractivity contribution in [3.8, 4) is 0 Å². The molecule has 4 rings (SSSR count). The minimum Gasteiger partial charge on any atom is -0.385 e. The molecule has 0 unspecified atom stereocenters. The van der Waals surface area contributed by atoms with Gasteiger partial charge in [-0.2, -0.15) is 0 Å². The summed E-state index contributed by atoms with van der Waals surface area (Å²) in [5, 5.41) is 6.50. The molecule has 0 atom stereocenters. The van der Waals surface area contributed by atoms with E-state index >= 15 is 0 Å². The number of pyridine rings is 1. The van der Waals surface area contributed by atoms with E-state index in [1.165, 1.54) is 21.9 Å². The molecule has 0 saturated heterocycles. The number of nitrogens with zero attached hydrogens (tertiary/aromatic N) is 2. The minimum atomic E-state index is 0.519. The molecule has 1 aliphatic heterocycles. The molecule has 4 heteroatoms. The molecular formula is C23H22ClN3. The van der Waals surface area contributed by atoms with Crippen LogP contribution >= 0.6 is 11.6 Å². The van der Waals surface area contributed by atoms with Gasteiger partial charge in [0.2, 0.25) is 0 Å². The van der Waals surface area contributed by atoms with Crippen molar-refractivity contribution in [3.05, 3.63) is 89.9 Å². The van der Waals surface area contributed by atoms with Gasteiger partial charge < -0.3 is 10.2 Å². The molecule has 0 aliphatic carbocycles. The predicted octanol–water partition coefficient (Wildman–Crippen LogP) is 5.60. The van der Waals surface area contributed by atoms with E-state index in [2.05, 4.69) is 76.0 Å². The van der Waals surface area contributed by atoms with Crippen LogP contribution in [0.3, 0.4) is 0 Å². The lowest BCUT2D eigenvalue weighted by atomic mass is 9.97.